The number of hydrogen-bond acceptors (Lipinski definition) is 3. The summed E-state index contributed by atoms with van der Waals surface area (Å²) in [7, 11) is 0. The van der Waals surface area contributed by atoms with Crippen LogP contribution in [0.5, 0.6) is 0 Å². The Morgan fingerprint density at radius 3 is 3.13 bits per heavy atom. The fourth-order valence-corrected chi connectivity index (χ4v) is 3.53. The minimum Gasteiger partial charge on any atom is -0.310 e. The van der Waals surface area contributed by atoms with Crippen molar-refractivity contribution < 1.29 is 0 Å². The first kappa shape index (κ1) is 9.82. The van der Waals surface area contributed by atoms with Crippen molar-refractivity contribution in [3.05, 3.63) is 22.4 Å². The first-order valence-corrected chi connectivity index (χ1v) is 6.79. The predicted octanol–water partition coefficient (Wildman–Crippen LogP) is 2.07. The van der Waals surface area contributed by atoms with Crippen LogP contribution in [0.4, 0.5) is 0 Å². The normalized spacial score (nSPS) is 31.7. The molecule has 15 heavy (non-hydrogen) atoms. The molecule has 1 aromatic heterocycles. The minimum atomic E-state index is 0.762. The molecule has 0 aliphatic carbocycles. The molecule has 0 spiro atoms. The molecule has 2 saturated heterocycles. The van der Waals surface area contributed by atoms with Gasteiger partial charge in [0.05, 0.1) is 0 Å². The van der Waals surface area contributed by atoms with E-state index < -0.39 is 0 Å². The van der Waals surface area contributed by atoms with E-state index >= 15 is 0 Å². The number of hydrogen-bond donors (Lipinski definition) is 1. The van der Waals surface area contributed by atoms with Crippen molar-refractivity contribution in [3.63, 3.8) is 0 Å². The minimum absolute atomic E-state index is 0.762. The number of nitrogens with zero attached hydrogens (tertiary/aromatic N) is 1. The van der Waals surface area contributed by atoms with Crippen LogP contribution in [0.2, 0.25) is 0 Å². The lowest BCUT2D eigenvalue weighted by atomic mass is 10.1. The van der Waals surface area contributed by atoms with Gasteiger partial charge in [-0.15, -0.1) is 11.3 Å². The molecule has 1 N–H and O–H groups in total. The number of thiophene rings is 1. The van der Waals surface area contributed by atoms with E-state index in [2.05, 4.69) is 27.7 Å². The summed E-state index contributed by atoms with van der Waals surface area (Å²) in [5.41, 5.74) is 0. The Labute approximate surface area is 95.3 Å². The molecule has 0 aromatic carbocycles. The smallest absolute Gasteiger partial charge is 0.0328 e. The van der Waals surface area contributed by atoms with Gasteiger partial charge in [-0.05, 0) is 30.7 Å². The quantitative estimate of drug-likeness (QED) is 0.824. The zero-order valence-corrected chi connectivity index (χ0v) is 9.80. The lowest BCUT2D eigenvalue weighted by Gasteiger charge is -2.23. The third kappa shape index (κ3) is 2.25. The van der Waals surface area contributed by atoms with Gasteiger partial charge in [0.2, 0.25) is 0 Å². The molecule has 0 radical (unpaired) electrons. The third-order valence-corrected chi connectivity index (χ3v) is 4.43. The van der Waals surface area contributed by atoms with Crippen molar-refractivity contribution >= 4 is 11.3 Å². The van der Waals surface area contributed by atoms with Crippen molar-refractivity contribution in [1.82, 2.24) is 10.2 Å². The van der Waals surface area contributed by atoms with Crippen LogP contribution in [-0.4, -0.2) is 30.1 Å². The Balaban J connectivity index is 1.62. The highest BCUT2D eigenvalue weighted by atomic mass is 32.1. The molecule has 2 nitrogen and oxygen atoms in total. The molecular weight excluding hydrogens is 204 g/mol. The van der Waals surface area contributed by atoms with Gasteiger partial charge in [-0.25, -0.2) is 0 Å². The largest absolute Gasteiger partial charge is 0.310 e. The average molecular weight is 222 g/mol. The number of likely N-dealkylation sites (tertiary alicyclic amines) is 1. The van der Waals surface area contributed by atoms with Crippen LogP contribution in [-0.2, 0) is 6.54 Å². The second kappa shape index (κ2) is 4.24. The van der Waals surface area contributed by atoms with Crippen molar-refractivity contribution in [2.24, 2.45) is 0 Å². The number of fused-ring (bicyclic) bond motifs is 2. The van der Waals surface area contributed by atoms with Crippen molar-refractivity contribution in [2.75, 3.05) is 13.1 Å². The summed E-state index contributed by atoms with van der Waals surface area (Å²) >= 11 is 1.88. The molecule has 2 atom stereocenters. The maximum Gasteiger partial charge on any atom is 0.0328 e. The van der Waals surface area contributed by atoms with E-state index in [1.54, 1.807) is 0 Å². The standard InChI is InChI=1S/C12H18N2S/c1-2-12(15-7-1)9-14-6-5-10-3-4-11(8-14)13-10/h1-2,7,10-11,13H,3-6,8-9H2. The fourth-order valence-electron chi connectivity index (χ4n) is 2.78. The van der Waals surface area contributed by atoms with Crippen LogP contribution in [0.25, 0.3) is 0 Å². The highest BCUT2D eigenvalue weighted by Gasteiger charge is 2.28. The van der Waals surface area contributed by atoms with Crippen LogP contribution < -0.4 is 5.32 Å². The SMILES string of the molecule is c1csc(CN2CCC3CCC(C2)N3)c1. The molecule has 2 aliphatic heterocycles. The van der Waals surface area contributed by atoms with E-state index in [9.17, 15) is 0 Å². The summed E-state index contributed by atoms with van der Waals surface area (Å²) in [5, 5.41) is 5.90. The van der Waals surface area contributed by atoms with Gasteiger partial charge in [0.1, 0.15) is 0 Å². The second-order valence-corrected chi connectivity index (χ2v) is 5.77. The lowest BCUT2D eigenvalue weighted by Crippen LogP contribution is -2.34. The molecular formula is C12H18N2S. The van der Waals surface area contributed by atoms with Crippen LogP contribution in [0, 0.1) is 0 Å². The van der Waals surface area contributed by atoms with Gasteiger partial charge in [0.15, 0.2) is 0 Å². The van der Waals surface area contributed by atoms with Gasteiger partial charge in [-0.3, -0.25) is 4.90 Å². The van der Waals surface area contributed by atoms with Gasteiger partial charge < -0.3 is 5.32 Å². The maximum absolute atomic E-state index is 3.72. The zero-order valence-electron chi connectivity index (χ0n) is 8.98. The summed E-state index contributed by atoms with van der Waals surface area (Å²) in [6.45, 7) is 3.67. The fraction of sp³-hybridized carbons (Fsp3) is 0.667. The first-order valence-electron chi connectivity index (χ1n) is 5.91. The topological polar surface area (TPSA) is 15.3 Å². The van der Waals surface area contributed by atoms with Gasteiger partial charge in [-0.1, -0.05) is 6.07 Å². The van der Waals surface area contributed by atoms with Crippen LogP contribution in [0.15, 0.2) is 17.5 Å². The highest BCUT2D eigenvalue weighted by molar-refractivity contribution is 7.09. The Kier molecular flexibility index (Phi) is 2.77. The maximum atomic E-state index is 3.72. The summed E-state index contributed by atoms with van der Waals surface area (Å²) in [5.74, 6) is 0. The van der Waals surface area contributed by atoms with Crippen molar-refractivity contribution in [1.29, 1.82) is 0 Å². The summed E-state index contributed by atoms with van der Waals surface area (Å²) in [6.07, 6.45) is 4.12. The van der Waals surface area contributed by atoms with Gasteiger partial charge in [0.25, 0.3) is 0 Å². The van der Waals surface area contributed by atoms with E-state index in [1.807, 2.05) is 11.3 Å². The number of rotatable bonds is 2. The molecule has 0 saturated carbocycles. The van der Waals surface area contributed by atoms with E-state index in [0.29, 0.717) is 0 Å². The molecule has 2 fully saturated rings. The third-order valence-electron chi connectivity index (χ3n) is 3.57. The van der Waals surface area contributed by atoms with Gasteiger partial charge in [0, 0.05) is 36.6 Å². The van der Waals surface area contributed by atoms with Crippen LogP contribution in [0.3, 0.4) is 0 Å². The molecule has 3 rings (SSSR count). The monoisotopic (exact) mass is 222 g/mol. The summed E-state index contributed by atoms with van der Waals surface area (Å²) in [4.78, 5) is 4.12. The molecule has 2 aliphatic rings. The molecule has 2 unspecified atom stereocenters. The van der Waals surface area contributed by atoms with Crippen LogP contribution in [0.1, 0.15) is 24.1 Å². The predicted molar refractivity (Wildman–Crippen MR) is 64.2 cm³/mol. The van der Waals surface area contributed by atoms with Crippen LogP contribution >= 0.6 is 11.3 Å². The Morgan fingerprint density at radius 1 is 1.33 bits per heavy atom. The van der Waals surface area contributed by atoms with Crippen molar-refractivity contribution in [2.45, 2.75) is 37.9 Å². The highest BCUT2D eigenvalue weighted by Crippen LogP contribution is 2.22. The number of nitrogens with one attached hydrogen (secondary N) is 1. The van der Waals surface area contributed by atoms with Gasteiger partial charge >= 0.3 is 0 Å². The molecule has 82 valence electrons. The Hall–Kier alpha value is -0.380. The van der Waals surface area contributed by atoms with Gasteiger partial charge in [-0.2, -0.15) is 0 Å². The lowest BCUT2D eigenvalue weighted by molar-refractivity contribution is 0.253. The van der Waals surface area contributed by atoms with E-state index in [-0.39, 0.29) is 0 Å². The second-order valence-electron chi connectivity index (χ2n) is 4.74. The summed E-state index contributed by atoms with van der Waals surface area (Å²) in [6, 6.07) is 5.98. The molecule has 1 aromatic rings. The first-order chi connectivity index (χ1) is 7.40. The summed E-state index contributed by atoms with van der Waals surface area (Å²) < 4.78 is 0. The molecule has 0 amide bonds. The molecule has 2 bridgehead atoms. The zero-order chi connectivity index (χ0) is 10.1. The van der Waals surface area contributed by atoms with E-state index in [4.69, 9.17) is 0 Å². The average Bonchev–Trinajstić information content (AvgIpc) is 2.80. The van der Waals surface area contributed by atoms with Crippen molar-refractivity contribution in [3.8, 4) is 0 Å². The van der Waals surface area contributed by atoms with E-state index in [0.717, 1.165) is 18.6 Å². The molecule has 3 heteroatoms. The Bertz CT molecular complexity index is 309. The van der Waals surface area contributed by atoms with E-state index in [1.165, 1.54) is 37.2 Å². The molecule has 3 heterocycles. The Morgan fingerprint density at radius 2 is 2.27 bits per heavy atom.